The van der Waals surface area contributed by atoms with E-state index >= 15 is 0 Å². The Kier molecular flexibility index (Phi) is 6.26. The molecule has 3 aromatic rings. The average molecular weight is 379 g/mol. The maximum atomic E-state index is 13.7. The van der Waals surface area contributed by atoms with E-state index in [2.05, 4.69) is 25.6 Å². The molecule has 0 aliphatic heterocycles. The van der Waals surface area contributed by atoms with Gasteiger partial charge in [-0.15, -0.1) is 0 Å². The zero-order valence-electron chi connectivity index (χ0n) is 15.8. The number of carbonyl (C=O) groups is 1. The van der Waals surface area contributed by atoms with E-state index in [4.69, 9.17) is 0 Å². The number of carbonyl (C=O) groups excluding carboxylic acids is 1. The molecule has 2 N–H and O–H groups in total. The zero-order valence-corrected chi connectivity index (χ0v) is 15.8. The van der Waals surface area contributed by atoms with Crippen LogP contribution >= 0.6 is 0 Å². The third-order valence-electron chi connectivity index (χ3n) is 4.16. The largest absolute Gasteiger partial charge is 0.352 e. The van der Waals surface area contributed by atoms with Crippen molar-refractivity contribution >= 4 is 11.9 Å². The van der Waals surface area contributed by atoms with E-state index in [0.717, 1.165) is 16.7 Å². The number of rotatable bonds is 7. The topological polar surface area (TPSA) is 79.8 Å². The van der Waals surface area contributed by atoms with Gasteiger partial charge in [0.2, 0.25) is 11.9 Å². The lowest BCUT2D eigenvalue weighted by molar-refractivity contribution is -0.119. The van der Waals surface area contributed by atoms with Crippen molar-refractivity contribution in [2.45, 2.75) is 32.9 Å². The summed E-state index contributed by atoms with van der Waals surface area (Å²) in [6.45, 7) is 3.90. The molecule has 0 saturated carbocycles. The third-order valence-corrected chi connectivity index (χ3v) is 4.16. The van der Waals surface area contributed by atoms with Gasteiger partial charge in [0.05, 0.1) is 5.69 Å². The summed E-state index contributed by atoms with van der Waals surface area (Å²) < 4.78 is 13.7. The van der Waals surface area contributed by atoms with Gasteiger partial charge in [-0.2, -0.15) is 0 Å². The van der Waals surface area contributed by atoms with Crippen molar-refractivity contribution in [1.29, 1.82) is 0 Å². The molecule has 7 heteroatoms. The Morgan fingerprint density at radius 2 is 1.89 bits per heavy atom. The van der Waals surface area contributed by atoms with Gasteiger partial charge in [-0.05, 0) is 36.2 Å². The number of aromatic nitrogens is 3. The maximum Gasteiger partial charge on any atom is 0.222 e. The minimum atomic E-state index is -0.313. The van der Waals surface area contributed by atoms with Gasteiger partial charge in [0.1, 0.15) is 5.82 Å². The summed E-state index contributed by atoms with van der Waals surface area (Å²) in [6.07, 6.45) is 5.49. The third kappa shape index (κ3) is 5.33. The highest BCUT2D eigenvalue weighted by Crippen LogP contribution is 2.20. The van der Waals surface area contributed by atoms with Crippen LogP contribution in [0.2, 0.25) is 0 Å². The van der Waals surface area contributed by atoms with Gasteiger partial charge in [0.15, 0.2) is 0 Å². The molecule has 3 rings (SSSR count). The first-order chi connectivity index (χ1) is 13.5. The fourth-order valence-electron chi connectivity index (χ4n) is 2.77. The molecule has 1 aromatic carbocycles. The van der Waals surface area contributed by atoms with E-state index in [1.165, 1.54) is 13.0 Å². The molecule has 2 aromatic heterocycles. The second-order valence-corrected chi connectivity index (χ2v) is 6.59. The lowest BCUT2D eigenvalue weighted by Crippen LogP contribution is -2.21. The molecule has 0 bridgehead atoms. The summed E-state index contributed by atoms with van der Waals surface area (Å²) in [5.41, 5.74) is 3.26. The Morgan fingerprint density at radius 3 is 2.61 bits per heavy atom. The maximum absolute atomic E-state index is 13.7. The fraction of sp³-hybridized carbons (Fsp3) is 0.238. The highest BCUT2D eigenvalue weighted by molar-refractivity contribution is 5.73. The molecule has 2 heterocycles. The van der Waals surface area contributed by atoms with Gasteiger partial charge in [-0.25, -0.2) is 14.4 Å². The lowest BCUT2D eigenvalue weighted by Gasteiger charge is -2.14. The number of nitrogens with zero attached hydrogens (tertiary/aromatic N) is 3. The first-order valence-corrected chi connectivity index (χ1v) is 9.03. The quantitative estimate of drug-likeness (QED) is 0.658. The van der Waals surface area contributed by atoms with Crippen molar-refractivity contribution in [3.63, 3.8) is 0 Å². The highest BCUT2D eigenvalue weighted by Gasteiger charge is 2.10. The van der Waals surface area contributed by atoms with Gasteiger partial charge in [-0.1, -0.05) is 18.2 Å². The van der Waals surface area contributed by atoms with Crippen molar-refractivity contribution in [3.05, 3.63) is 72.1 Å². The molecule has 1 unspecified atom stereocenters. The van der Waals surface area contributed by atoms with Gasteiger partial charge in [-0.3, -0.25) is 9.78 Å². The van der Waals surface area contributed by atoms with Crippen LogP contribution in [0.25, 0.3) is 11.1 Å². The normalized spacial score (nSPS) is 11.7. The monoisotopic (exact) mass is 379 g/mol. The standard InChI is InChI=1S/C21H22FN5O/c1-14(9-20-19(22)7-4-8-23-20)27-21-25-12-18(13-26-21)17-6-3-5-16(10-17)11-24-15(2)28/h3-8,10,12-14H,9,11H2,1-2H3,(H,24,28)(H,25,26,27). The van der Waals surface area contributed by atoms with Crippen molar-refractivity contribution in [2.75, 3.05) is 5.32 Å². The summed E-state index contributed by atoms with van der Waals surface area (Å²) in [5, 5.41) is 5.95. The van der Waals surface area contributed by atoms with Crippen LogP contribution in [0.3, 0.4) is 0 Å². The molecular formula is C21H22FN5O. The molecule has 0 aliphatic rings. The number of nitrogens with one attached hydrogen (secondary N) is 2. The minimum Gasteiger partial charge on any atom is -0.352 e. The summed E-state index contributed by atoms with van der Waals surface area (Å²) >= 11 is 0. The van der Waals surface area contributed by atoms with Crippen molar-refractivity contribution in [2.24, 2.45) is 0 Å². The number of anilines is 1. The van der Waals surface area contributed by atoms with E-state index in [9.17, 15) is 9.18 Å². The number of hydrogen-bond donors (Lipinski definition) is 2. The first-order valence-electron chi connectivity index (χ1n) is 9.03. The van der Waals surface area contributed by atoms with E-state index in [0.29, 0.717) is 24.6 Å². The van der Waals surface area contributed by atoms with Crippen LogP contribution in [0.15, 0.2) is 55.0 Å². The average Bonchev–Trinajstić information content (AvgIpc) is 2.69. The molecule has 0 saturated heterocycles. The number of benzene rings is 1. The Balaban J connectivity index is 1.64. The predicted molar refractivity (Wildman–Crippen MR) is 106 cm³/mol. The van der Waals surface area contributed by atoms with Gasteiger partial charge in [0, 0.05) is 50.1 Å². The molecule has 1 atom stereocenters. The van der Waals surface area contributed by atoms with Crippen LogP contribution in [0.5, 0.6) is 0 Å². The van der Waals surface area contributed by atoms with Gasteiger partial charge >= 0.3 is 0 Å². The van der Waals surface area contributed by atoms with Gasteiger partial charge in [0.25, 0.3) is 0 Å². The zero-order chi connectivity index (χ0) is 19.9. The van der Waals surface area contributed by atoms with Crippen LogP contribution in [0.1, 0.15) is 25.1 Å². The summed E-state index contributed by atoms with van der Waals surface area (Å²) in [7, 11) is 0. The van der Waals surface area contributed by atoms with Gasteiger partial charge < -0.3 is 10.6 Å². The Labute approximate surface area is 163 Å². The number of amides is 1. The molecule has 0 spiro atoms. The molecular weight excluding hydrogens is 357 g/mol. The SMILES string of the molecule is CC(=O)NCc1cccc(-c2cnc(NC(C)Cc3ncccc3F)nc2)c1. The predicted octanol–water partition coefficient (Wildman–Crippen LogP) is 3.36. The van der Waals surface area contributed by atoms with Crippen molar-refractivity contribution in [3.8, 4) is 11.1 Å². The molecule has 0 aliphatic carbocycles. The van der Waals surface area contributed by atoms with E-state index < -0.39 is 0 Å². The van der Waals surface area contributed by atoms with Crippen molar-refractivity contribution in [1.82, 2.24) is 20.3 Å². The van der Waals surface area contributed by atoms with Crippen molar-refractivity contribution < 1.29 is 9.18 Å². The molecule has 1 amide bonds. The summed E-state index contributed by atoms with van der Waals surface area (Å²) in [6, 6.07) is 10.8. The number of hydrogen-bond acceptors (Lipinski definition) is 5. The second kappa shape index (κ2) is 9.03. The van der Waals surface area contributed by atoms with Crippen LogP contribution < -0.4 is 10.6 Å². The van der Waals surface area contributed by atoms with E-state index in [-0.39, 0.29) is 17.8 Å². The summed E-state index contributed by atoms with van der Waals surface area (Å²) in [5.74, 6) is 0.0948. The van der Waals surface area contributed by atoms with Crippen LogP contribution in [-0.2, 0) is 17.8 Å². The van der Waals surface area contributed by atoms with E-state index in [1.54, 1.807) is 24.7 Å². The smallest absolute Gasteiger partial charge is 0.222 e. The molecule has 6 nitrogen and oxygen atoms in total. The minimum absolute atomic E-state index is 0.0659. The number of pyridine rings is 1. The van der Waals surface area contributed by atoms with Crippen LogP contribution in [0.4, 0.5) is 10.3 Å². The Bertz CT molecular complexity index is 946. The van der Waals surface area contributed by atoms with Crippen LogP contribution in [0, 0.1) is 5.82 Å². The second-order valence-electron chi connectivity index (χ2n) is 6.59. The number of halogens is 1. The van der Waals surface area contributed by atoms with Crippen LogP contribution in [-0.4, -0.2) is 26.9 Å². The Morgan fingerprint density at radius 1 is 1.11 bits per heavy atom. The molecule has 0 fully saturated rings. The first kappa shape index (κ1) is 19.4. The molecule has 144 valence electrons. The summed E-state index contributed by atoms with van der Waals surface area (Å²) in [4.78, 5) is 23.8. The molecule has 0 radical (unpaired) electrons. The fourth-order valence-corrected chi connectivity index (χ4v) is 2.77. The Hall–Kier alpha value is -3.35. The van der Waals surface area contributed by atoms with E-state index in [1.807, 2.05) is 31.2 Å². The molecule has 28 heavy (non-hydrogen) atoms. The highest BCUT2D eigenvalue weighted by atomic mass is 19.1. The lowest BCUT2D eigenvalue weighted by atomic mass is 10.1.